The van der Waals surface area contributed by atoms with Crippen LogP contribution in [0.2, 0.25) is 0 Å². The number of aliphatic hydroxyl groups excluding tert-OH is 1. The molecule has 6 heteroatoms. The van der Waals surface area contributed by atoms with E-state index in [1.165, 1.54) is 44.2 Å². The first kappa shape index (κ1) is 18.8. The second kappa shape index (κ2) is 8.02. The molecule has 0 aromatic heterocycles. The smallest absolute Gasteiger partial charge is 0.269 e. The highest BCUT2D eigenvalue weighted by atomic mass is 16.6. The Hall–Kier alpha value is -3.54. The Balaban J connectivity index is 2.58. The van der Waals surface area contributed by atoms with Crippen LogP contribution >= 0.6 is 0 Å². The summed E-state index contributed by atoms with van der Waals surface area (Å²) < 4.78 is 0. The van der Waals surface area contributed by atoms with Gasteiger partial charge in [-0.3, -0.25) is 19.7 Å². The summed E-state index contributed by atoms with van der Waals surface area (Å²) in [5, 5.41) is 20.7. The molecule has 0 heterocycles. The van der Waals surface area contributed by atoms with Crippen molar-refractivity contribution < 1.29 is 19.6 Å². The number of Topliss-reactive ketones (excluding diaryl/α,β-unsaturated/α-hetero) is 2. The predicted molar refractivity (Wildman–Crippen MR) is 97.9 cm³/mol. The Morgan fingerprint density at radius 2 is 1.58 bits per heavy atom. The molecule has 0 amide bonds. The maximum Gasteiger partial charge on any atom is 0.269 e. The fraction of sp³-hybridized carbons (Fsp3) is 0.100. The highest BCUT2D eigenvalue weighted by Gasteiger charge is 2.22. The van der Waals surface area contributed by atoms with Gasteiger partial charge in [0.15, 0.2) is 11.6 Å². The standard InChI is InChI=1S/C20H17NO5/c1-13(22)19(14(2)23)18(12-15-6-4-3-5-7-15)20(24)16-8-10-17(11-9-16)21(25)26/h3-12,22H,1-2H3/b18-12-,19-13-. The third kappa shape index (κ3) is 4.30. The first-order valence-corrected chi connectivity index (χ1v) is 7.78. The molecule has 2 rings (SSSR count). The first-order chi connectivity index (χ1) is 12.3. The van der Waals surface area contributed by atoms with Crippen LogP contribution in [0.3, 0.4) is 0 Å². The predicted octanol–water partition coefficient (Wildman–Crippen LogP) is 4.28. The maximum atomic E-state index is 12.9. The van der Waals surface area contributed by atoms with E-state index >= 15 is 0 Å². The minimum atomic E-state index is -0.562. The van der Waals surface area contributed by atoms with E-state index in [-0.39, 0.29) is 28.2 Å². The summed E-state index contributed by atoms with van der Waals surface area (Å²) in [6.45, 7) is 2.59. The lowest BCUT2D eigenvalue weighted by atomic mass is 9.91. The number of nitro groups is 1. The molecule has 1 N–H and O–H groups in total. The number of hydrogen-bond donors (Lipinski definition) is 1. The summed E-state index contributed by atoms with van der Waals surface area (Å²) in [7, 11) is 0. The molecule has 2 aromatic rings. The van der Waals surface area contributed by atoms with Gasteiger partial charge in [-0.25, -0.2) is 0 Å². The van der Waals surface area contributed by atoms with Gasteiger partial charge in [-0.1, -0.05) is 30.3 Å². The number of carbonyl (C=O) groups is 2. The van der Waals surface area contributed by atoms with Crippen LogP contribution in [0.15, 0.2) is 71.5 Å². The van der Waals surface area contributed by atoms with Gasteiger partial charge in [-0.2, -0.15) is 0 Å². The molecule has 26 heavy (non-hydrogen) atoms. The lowest BCUT2D eigenvalue weighted by Gasteiger charge is -2.11. The molecule has 132 valence electrons. The second-order valence-corrected chi connectivity index (χ2v) is 5.62. The molecule has 0 fully saturated rings. The van der Waals surface area contributed by atoms with E-state index in [9.17, 15) is 24.8 Å². The zero-order valence-electron chi connectivity index (χ0n) is 14.3. The Labute approximate surface area is 150 Å². The number of allylic oxidation sites excluding steroid dienone is 3. The molecule has 0 saturated carbocycles. The van der Waals surface area contributed by atoms with Crippen LogP contribution in [0.1, 0.15) is 29.8 Å². The van der Waals surface area contributed by atoms with Crippen molar-refractivity contribution in [2.45, 2.75) is 13.8 Å². The molecule has 0 saturated heterocycles. The monoisotopic (exact) mass is 351 g/mol. The number of nitrogens with zero attached hydrogens (tertiary/aromatic N) is 1. The summed E-state index contributed by atoms with van der Waals surface area (Å²) in [6, 6.07) is 14.0. The summed E-state index contributed by atoms with van der Waals surface area (Å²) in [5.74, 6) is -1.24. The van der Waals surface area contributed by atoms with E-state index in [1.807, 2.05) is 6.07 Å². The minimum Gasteiger partial charge on any atom is -0.512 e. The second-order valence-electron chi connectivity index (χ2n) is 5.62. The lowest BCUT2D eigenvalue weighted by Crippen LogP contribution is -2.13. The fourth-order valence-corrected chi connectivity index (χ4v) is 2.50. The van der Waals surface area contributed by atoms with Crippen molar-refractivity contribution in [3.05, 3.63) is 92.7 Å². The van der Waals surface area contributed by atoms with Gasteiger partial charge in [0, 0.05) is 23.3 Å². The number of benzene rings is 2. The quantitative estimate of drug-likeness (QED) is 0.209. The fourth-order valence-electron chi connectivity index (χ4n) is 2.50. The largest absolute Gasteiger partial charge is 0.512 e. The molecule has 0 radical (unpaired) electrons. The number of aliphatic hydroxyl groups is 1. The normalized spacial score (nSPS) is 12.3. The molecule has 0 aliphatic heterocycles. The average Bonchev–Trinajstić information content (AvgIpc) is 2.61. The van der Waals surface area contributed by atoms with Gasteiger partial charge in [-0.05, 0) is 37.6 Å². The third-order valence-electron chi connectivity index (χ3n) is 3.68. The zero-order valence-corrected chi connectivity index (χ0v) is 14.3. The molecule has 2 aromatic carbocycles. The van der Waals surface area contributed by atoms with Crippen LogP contribution in [0.25, 0.3) is 6.08 Å². The molecule has 0 unspecified atom stereocenters. The highest BCUT2D eigenvalue weighted by molar-refractivity contribution is 6.20. The van der Waals surface area contributed by atoms with Crippen LogP contribution in [0.4, 0.5) is 5.69 Å². The topological polar surface area (TPSA) is 97.5 Å². The van der Waals surface area contributed by atoms with E-state index in [1.54, 1.807) is 24.3 Å². The molecule has 0 bridgehead atoms. The van der Waals surface area contributed by atoms with Gasteiger partial charge in [0.25, 0.3) is 5.69 Å². The molecule has 0 atom stereocenters. The number of carbonyl (C=O) groups excluding carboxylic acids is 2. The van der Waals surface area contributed by atoms with Crippen LogP contribution < -0.4 is 0 Å². The highest BCUT2D eigenvalue weighted by Crippen LogP contribution is 2.24. The van der Waals surface area contributed by atoms with Gasteiger partial charge in [0.05, 0.1) is 10.5 Å². The van der Waals surface area contributed by atoms with Gasteiger partial charge >= 0.3 is 0 Å². The average molecular weight is 351 g/mol. The van der Waals surface area contributed by atoms with E-state index in [0.29, 0.717) is 5.56 Å². The first-order valence-electron chi connectivity index (χ1n) is 7.78. The van der Waals surface area contributed by atoms with Gasteiger partial charge < -0.3 is 5.11 Å². The van der Waals surface area contributed by atoms with Crippen molar-refractivity contribution in [1.29, 1.82) is 0 Å². The van der Waals surface area contributed by atoms with E-state index in [0.717, 1.165) is 0 Å². The van der Waals surface area contributed by atoms with E-state index in [4.69, 9.17) is 0 Å². The molecular weight excluding hydrogens is 334 g/mol. The van der Waals surface area contributed by atoms with Crippen LogP contribution in [-0.4, -0.2) is 21.6 Å². The maximum absolute atomic E-state index is 12.9. The summed E-state index contributed by atoms with van der Waals surface area (Å²) in [6.07, 6.45) is 1.51. The summed E-state index contributed by atoms with van der Waals surface area (Å²) in [4.78, 5) is 35.1. The Kier molecular flexibility index (Phi) is 5.80. The molecule has 0 aliphatic rings. The molecular formula is C20H17NO5. The molecule has 0 aliphatic carbocycles. The molecule has 6 nitrogen and oxygen atoms in total. The third-order valence-corrected chi connectivity index (χ3v) is 3.68. The van der Waals surface area contributed by atoms with Crippen molar-refractivity contribution in [3.8, 4) is 0 Å². The molecule has 0 spiro atoms. The number of hydrogen-bond acceptors (Lipinski definition) is 5. The lowest BCUT2D eigenvalue weighted by molar-refractivity contribution is -0.384. The van der Waals surface area contributed by atoms with Crippen LogP contribution in [-0.2, 0) is 4.79 Å². The van der Waals surface area contributed by atoms with Crippen molar-refractivity contribution in [2.24, 2.45) is 0 Å². The minimum absolute atomic E-state index is 0.0255. The van der Waals surface area contributed by atoms with Crippen molar-refractivity contribution in [3.63, 3.8) is 0 Å². The van der Waals surface area contributed by atoms with Gasteiger partial charge in [0.2, 0.25) is 0 Å². The Bertz CT molecular complexity index is 905. The number of ketones is 2. The number of nitro benzene ring substituents is 1. The van der Waals surface area contributed by atoms with Crippen LogP contribution in [0.5, 0.6) is 0 Å². The Morgan fingerprint density at radius 3 is 2.04 bits per heavy atom. The van der Waals surface area contributed by atoms with Gasteiger partial charge in [0.1, 0.15) is 5.76 Å². The Morgan fingerprint density at radius 1 is 1.00 bits per heavy atom. The summed E-state index contributed by atoms with van der Waals surface area (Å²) >= 11 is 0. The van der Waals surface area contributed by atoms with E-state index in [2.05, 4.69) is 0 Å². The van der Waals surface area contributed by atoms with Crippen molar-refractivity contribution in [1.82, 2.24) is 0 Å². The van der Waals surface area contributed by atoms with Crippen molar-refractivity contribution in [2.75, 3.05) is 0 Å². The number of non-ortho nitro benzene ring substituents is 1. The SMILES string of the molecule is CC(=O)C(/C(=C/c1ccccc1)C(=O)c1ccc([N+](=O)[O-])cc1)=C(\C)O. The zero-order chi connectivity index (χ0) is 19.3. The van der Waals surface area contributed by atoms with Gasteiger partial charge in [-0.15, -0.1) is 0 Å². The van der Waals surface area contributed by atoms with Crippen molar-refractivity contribution >= 4 is 23.3 Å². The van der Waals surface area contributed by atoms with E-state index < -0.39 is 16.5 Å². The number of rotatable bonds is 6. The summed E-state index contributed by atoms with van der Waals surface area (Å²) in [5.41, 5.74) is 0.654. The van der Waals surface area contributed by atoms with Crippen LogP contribution in [0, 0.1) is 10.1 Å².